The van der Waals surface area contributed by atoms with Gasteiger partial charge in [-0.05, 0) is 6.42 Å². The van der Waals surface area contributed by atoms with Crippen molar-refractivity contribution in [2.75, 3.05) is 6.16 Å². The van der Waals surface area contributed by atoms with E-state index in [1.165, 1.54) is 0 Å². The van der Waals surface area contributed by atoms with Gasteiger partial charge in [0.05, 0.1) is 0 Å². The zero-order valence-electron chi connectivity index (χ0n) is 4.48. The van der Waals surface area contributed by atoms with Gasteiger partial charge in [0, 0.05) is 6.16 Å². The summed E-state index contributed by atoms with van der Waals surface area (Å²) < 4.78 is 9.94. The van der Waals surface area contributed by atoms with Crippen molar-refractivity contribution in [3.05, 3.63) is 0 Å². The van der Waals surface area contributed by atoms with E-state index in [2.05, 4.69) is 0 Å². The van der Waals surface area contributed by atoms with Crippen LogP contribution in [0.1, 0.15) is 19.8 Å². The van der Waals surface area contributed by atoms with Crippen LogP contribution in [0.25, 0.3) is 0 Å². The Morgan fingerprint density at radius 2 is 2.12 bits per heavy atom. The van der Waals surface area contributed by atoms with Gasteiger partial charge < -0.3 is 4.89 Å². The van der Waals surface area contributed by atoms with Crippen LogP contribution in [-0.4, -0.2) is 48.8 Å². The first-order valence-electron chi connectivity index (χ1n) is 2.49. The predicted molar refractivity (Wildman–Crippen MR) is 39.5 cm³/mol. The molecule has 0 saturated carbocycles. The van der Waals surface area contributed by atoms with Gasteiger partial charge in [0.15, 0.2) is 8.03 Å². The molecular weight excluding hydrogens is 151 g/mol. The molecule has 0 radical (unpaired) electrons. The molecule has 0 spiro atoms. The van der Waals surface area contributed by atoms with Crippen molar-refractivity contribution in [3.8, 4) is 0 Å². The fraction of sp³-hybridized carbons (Fsp3) is 1.00. The molecule has 4 heteroatoms. The first-order chi connectivity index (χ1) is 3.27. The predicted octanol–water partition coefficient (Wildman–Crippen LogP) is 0.337. The third-order valence-corrected chi connectivity index (χ3v) is 1.53. The maximum absolute atomic E-state index is 9.94. The van der Waals surface area contributed by atoms with Crippen LogP contribution < -0.4 is 0 Å². The molecule has 0 aromatic rings. The molecule has 1 atom stereocenters. The Morgan fingerprint density at radius 3 is 2.25 bits per heavy atom. The van der Waals surface area contributed by atoms with Crippen molar-refractivity contribution >= 4 is 45.8 Å². The molecule has 0 saturated heterocycles. The van der Waals surface area contributed by atoms with E-state index in [1.54, 1.807) is 0 Å². The first-order valence-corrected chi connectivity index (χ1v) is 4.05. The van der Waals surface area contributed by atoms with Gasteiger partial charge in [-0.2, -0.15) is 0 Å². The van der Waals surface area contributed by atoms with Gasteiger partial charge in [0.1, 0.15) is 0 Å². The van der Waals surface area contributed by atoms with Gasteiger partial charge in [-0.3, -0.25) is 4.57 Å². The Hall–Kier alpha value is 1.45. The summed E-state index contributed by atoms with van der Waals surface area (Å²) in [4.78, 5) is 8.23. The Kier molecular flexibility index (Phi) is 12.8. The molecule has 0 rings (SSSR count). The Bertz CT molecular complexity index is 67.1. The Labute approximate surface area is 80.5 Å². The van der Waals surface area contributed by atoms with Crippen molar-refractivity contribution in [1.82, 2.24) is 0 Å². The van der Waals surface area contributed by atoms with E-state index in [4.69, 9.17) is 4.89 Å². The fourth-order valence-electron chi connectivity index (χ4n) is 0.328. The number of unbranched alkanes of at least 4 members (excludes halogenated alkanes) is 1. The molecule has 1 unspecified atom stereocenters. The van der Waals surface area contributed by atoms with Crippen LogP contribution in [0.5, 0.6) is 0 Å². The van der Waals surface area contributed by atoms with Crippen LogP contribution >= 0.6 is 8.03 Å². The van der Waals surface area contributed by atoms with Crippen molar-refractivity contribution < 1.29 is 9.46 Å². The van der Waals surface area contributed by atoms with Gasteiger partial charge in [-0.15, -0.1) is 0 Å². The second-order valence-corrected chi connectivity index (χ2v) is 2.78. The summed E-state index contributed by atoms with van der Waals surface area (Å²) in [5.74, 6) is 0. The third-order valence-electron chi connectivity index (χ3n) is 0.744. The summed E-state index contributed by atoms with van der Waals surface area (Å²) in [5, 5.41) is 0. The van der Waals surface area contributed by atoms with E-state index in [0.29, 0.717) is 6.16 Å². The molecule has 0 bridgehead atoms. The minimum atomic E-state index is -2.15. The topological polar surface area (TPSA) is 37.3 Å². The summed E-state index contributed by atoms with van der Waals surface area (Å²) in [6.45, 7) is 2.00. The van der Waals surface area contributed by atoms with E-state index in [1.807, 2.05) is 6.92 Å². The molecular formula is C4H13CaO2P. The summed E-state index contributed by atoms with van der Waals surface area (Å²) in [5.41, 5.74) is 0. The summed E-state index contributed by atoms with van der Waals surface area (Å²) in [7, 11) is -2.15. The van der Waals surface area contributed by atoms with Gasteiger partial charge in [-0.25, -0.2) is 0 Å². The first kappa shape index (κ1) is 12.2. The van der Waals surface area contributed by atoms with Crippen molar-refractivity contribution in [2.24, 2.45) is 0 Å². The molecule has 1 N–H and O–H groups in total. The Morgan fingerprint density at radius 1 is 1.62 bits per heavy atom. The van der Waals surface area contributed by atoms with E-state index >= 15 is 0 Å². The molecule has 0 amide bonds. The van der Waals surface area contributed by atoms with Crippen LogP contribution in [-0.2, 0) is 4.57 Å². The minimum absolute atomic E-state index is 0. The summed E-state index contributed by atoms with van der Waals surface area (Å²) in [6, 6.07) is 0. The zero-order valence-corrected chi connectivity index (χ0v) is 5.48. The van der Waals surface area contributed by atoms with E-state index in [-0.39, 0.29) is 37.7 Å². The third kappa shape index (κ3) is 10.4. The van der Waals surface area contributed by atoms with Crippen LogP contribution in [0.3, 0.4) is 0 Å². The van der Waals surface area contributed by atoms with Gasteiger partial charge in [-0.1, -0.05) is 13.3 Å². The molecule has 48 valence electrons. The Balaban J connectivity index is 0. The molecule has 0 heterocycles. The average Bonchev–Trinajstić information content (AvgIpc) is 1.61. The van der Waals surface area contributed by atoms with Crippen molar-refractivity contribution in [3.63, 3.8) is 0 Å². The molecule has 0 fully saturated rings. The summed E-state index contributed by atoms with van der Waals surface area (Å²) in [6.07, 6.45) is 2.40. The zero-order chi connectivity index (χ0) is 5.70. The second-order valence-electron chi connectivity index (χ2n) is 1.50. The standard InChI is InChI=1S/C4H11O2P.Ca.2H/c1-2-3-4-7(5)6;;;/h7H,2-4H2,1H3,(H,5,6);;;. The fourth-order valence-corrected chi connectivity index (χ4v) is 0.984. The molecule has 0 aromatic carbocycles. The van der Waals surface area contributed by atoms with Gasteiger partial charge in [0.2, 0.25) is 0 Å². The molecule has 0 aromatic heterocycles. The normalized spacial score (nSPS) is 12.2. The quantitative estimate of drug-likeness (QED) is 0.482. The average molecular weight is 164 g/mol. The van der Waals surface area contributed by atoms with Crippen LogP contribution in [0.2, 0.25) is 0 Å². The van der Waals surface area contributed by atoms with Crippen LogP contribution in [0.15, 0.2) is 0 Å². The van der Waals surface area contributed by atoms with E-state index in [0.717, 1.165) is 12.8 Å². The molecule has 0 aliphatic rings. The number of rotatable bonds is 3. The number of hydrogen-bond donors (Lipinski definition) is 1. The molecule has 0 aliphatic carbocycles. The monoisotopic (exact) mass is 164 g/mol. The number of hydrogen-bond acceptors (Lipinski definition) is 1. The molecule has 2 nitrogen and oxygen atoms in total. The molecule has 0 aliphatic heterocycles. The van der Waals surface area contributed by atoms with Crippen LogP contribution in [0.4, 0.5) is 0 Å². The summed E-state index contributed by atoms with van der Waals surface area (Å²) >= 11 is 0. The van der Waals surface area contributed by atoms with E-state index < -0.39 is 8.03 Å². The molecule has 8 heavy (non-hydrogen) atoms. The maximum atomic E-state index is 9.94. The van der Waals surface area contributed by atoms with Crippen molar-refractivity contribution in [1.29, 1.82) is 0 Å². The van der Waals surface area contributed by atoms with Gasteiger partial charge >= 0.3 is 37.7 Å². The van der Waals surface area contributed by atoms with E-state index in [9.17, 15) is 4.57 Å². The second kappa shape index (κ2) is 8.45. The van der Waals surface area contributed by atoms with Crippen molar-refractivity contribution in [2.45, 2.75) is 19.8 Å². The SMILES string of the molecule is CCCC[PH](=O)O.[CaH2]. The van der Waals surface area contributed by atoms with Gasteiger partial charge in [0.25, 0.3) is 0 Å². The van der Waals surface area contributed by atoms with Crippen LogP contribution in [0, 0.1) is 0 Å².